The minimum atomic E-state index is -0.461. The van der Waals surface area contributed by atoms with Crippen LogP contribution in [0.1, 0.15) is 5.56 Å². The van der Waals surface area contributed by atoms with Gasteiger partial charge < -0.3 is 4.74 Å². The molecule has 0 atom stereocenters. The number of benzene rings is 3. The van der Waals surface area contributed by atoms with Crippen LogP contribution in [-0.4, -0.2) is 4.92 Å². The second-order valence-electron chi connectivity index (χ2n) is 5.19. The zero-order chi connectivity index (χ0) is 16.9. The van der Waals surface area contributed by atoms with Gasteiger partial charge in [0.2, 0.25) is 0 Å². The van der Waals surface area contributed by atoms with Gasteiger partial charge in [-0.15, -0.1) is 0 Å². The Morgan fingerprint density at radius 3 is 2.29 bits per heavy atom. The van der Waals surface area contributed by atoms with Crippen LogP contribution in [0.2, 0.25) is 5.02 Å². The van der Waals surface area contributed by atoms with Crippen molar-refractivity contribution in [2.75, 3.05) is 0 Å². The first kappa shape index (κ1) is 16.0. The molecule has 3 rings (SSSR count). The smallest absolute Gasteiger partial charge is 0.295 e. The van der Waals surface area contributed by atoms with Crippen molar-refractivity contribution in [3.8, 4) is 16.9 Å². The summed E-state index contributed by atoms with van der Waals surface area (Å²) in [6.45, 7) is 0.470. The van der Waals surface area contributed by atoms with Crippen LogP contribution in [0.15, 0.2) is 72.8 Å². The summed E-state index contributed by atoms with van der Waals surface area (Å²) in [5.41, 5.74) is 2.20. The number of nitrogens with zero attached hydrogens (tertiary/aromatic N) is 1. The highest BCUT2D eigenvalue weighted by Gasteiger charge is 2.19. The van der Waals surface area contributed by atoms with Crippen LogP contribution >= 0.6 is 11.6 Å². The minimum absolute atomic E-state index is 0.0860. The van der Waals surface area contributed by atoms with E-state index in [9.17, 15) is 10.1 Å². The topological polar surface area (TPSA) is 52.4 Å². The number of para-hydroxylation sites is 1. The van der Waals surface area contributed by atoms with Gasteiger partial charge in [-0.2, -0.15) is 0 Å². The summed E-state index contributed by atoms with van der Waals surface area (Å²) in [6.07, 6.45) is 0. The molecular weight excluding hydrogens is 326 g/mol. The molecule has 0 amide bonds. The average Bonchev–Trinajstić information content (AvgIpc) is 2.61. The predicted octanol–water partition coefficient (Wildman–Crippen LogP) is 5.49. The monoisotopic (exact) mass is 339 g/mol. The van der Waals surface area contributed by atoms with Crippen molar-refractivity contribution in [3.05, 3.63) is 93.5 Å². The Morgan fingerprint density at radius 2 is 1.62 bits per heavy atom. The lowest BCUT2D eigenvalue weighted by atomic mass is 10.0. The van der Waals surface area contributed by atoms with Crippen LogP contribution in [0.3, 0.4) is 0 Å². The Hall–Kier alpha value is -2.85. The Balaban J connectivity index is 1.80. The van der Waals surface area contributed by atoms with E-state index in [4.69, 9.17) is 16.3 Å². The molecule has 0 radical (unpaired) electrons. The number of nitro benzene ring substituents is 1. The Labute approximate surface area is 144 Å². The maximum atomic E-state index is 11.2. The highest BCUT2D eigenvalue weighted by molar-refractivity contribution is 6.33. The fourth-order valence-corrected chi connectivity index (χ4v) is 2.65. The largest absolute Gasteiger partial charge is 0.489 e. The molecule has 0 unspecified atom stereocenters. The first-order valence-corrected chi connectivity index (χ1v) is 7.73. The molecule has 4 nitrogen and oxygen atoms in total. The summed E-state index contributed by atoms with van der Waals surface area (Å²) in [5, 5.41) is 11.4. The van der Waals surface area contributed by atoms with Crippen LogP contribution in [0.4, 0.5) is 5.69 Å². The van der Waals surface area contributed by atoms with Gasteiger partial charge in [-0.05, 0) is 35.4 Å². The van der Waals surface area contributed by atoms with E-state index in [0.717, 1.165) is 11.1 Å². The molecule has 0 aliphatic heterocycles. The van der Waals surface area contributed by atoms with Gasteiger partial charge in [0, 0.05) is 0 Å². The molecule has 0 heterocycles. The molecule has 5 heteroatoms. The van der Waals surface area contributed by atoms with E-state index < -0.39 is 4.92 Å². The van der Waals surface area contributed by atoms with Gasteiger partial charge in [0.15, 0.2) is 0 Å². The van der Waals surface area contributed by atoms with Crippen molar-refractivity contribution < 1.29 is 9.66 Å². The third kappa shape index (κ3) is 3.55. The second kappa shape index (κ2) is 7.15. The van der Waals surface area contributed by atoms with Crippen molar-refractivity contribution in [2.24, 2.45) is 0 Å². The first-order chi connectivity index (χ1) is 11.6. The SMILES string of the molecule is O=[N+]([O-])c1c(Cl)cccc1-c1ccc(OCc2ccccc2)cc1. The van der Waals surface area contributed by atoms with Gasteiger partial charge in [-0.1, -0.05) is 60.1 Å². The van der Waals surface area contributed by atoms with E-state index in [1.54, 1.807) is 36.4 Å². The summed E-state index contributed by atoms with van der Waals surface area (Å²) >= 11 is 5.96. The standard InChI is InChI=1S/C19H14ClNO3/c20-18-8-4-7-17(19(18)21(22)23)15-9-11-16(12-10-15)24-13-14-5-2-1-3-6-14/h1-12H,13H2. The molecule has 0 aliphatic rings. The highest BCUT2D eigenvalue weighted by atomic mass is 35.5. The fraction of sp³-hybridized carbons (Fsp3) is 0.0526. The van der Waals surface area contributed by atoms with Gasteiger partial charge in [0.25, 0.3) is 5.69 Å². The Bertz CT molecular complexity index is 848. The molecule has 3 aromatic rings. The van der Waals surface area contributed by atoms with Crippen LogP contribution in [0.5, 0.6) is 5.75 Å². The van der Waals surface area contributed by atoms with Gasteiger partial charge in [0.1, 0.15) is 17.4 Å². The Morgan fingerprint density at radius 1 is 0.917 bits per heavy atom. The van der Waals surface area contributed by atoms with E-state index >= 15 is 0 Å². The van der Waals surface area contributed by atoms with Crippen molar-refractivity contribution in [2.45, 2.75) is 6.61 Å². The molecular formula is C19H14ClNO3. The van der Waals surface area contributed by atoms with E-state index in [1.807, 2.05) is 30.3 Å². The summed E-state index contributed by atoms with van der Waals surface area (Å²) in [4.78, 5) is 10.8. The molecule has 0 bridgehead atoms. The molecule has 0 saturated carbocycles. The lowest BCUT2D eigenvalue weighted by Crippen LogP contribution is -1.95. The molecule has 120 valence electrons. The van der Waals surface area contributed by atoms with Crippen molar-refractivity contribution in [1.82, 2.24) is 0 Å². The van der Waals surface area contributed by atoms with Gasteiger partial charge in [-0.25, -0.2) is 0 Å². The van der Waals surface area contributed by atoms with Crippen LogP contribution in [0, 0.1) is 10.1 Å². The van der Waals surface area contributed by atoms with Gasteiger partial charge >= 0.3 is 0 Å². The molecule has 0 aliphatic carbocycles. The summed E-state index contributed by atoms with van der Waals surface area (Å²) in [6, 6.07) is 21.9. The van der Waals surface area contributed by atoms with Crippen LogP contribution in [0.25, 0.3) is 11.1 Å². The summed E-state index contributed by atoms with van der Waals surface area (Å²) in [5.74, 6) is 0.701. The third-order valence-electron chi connectivity index (χ3n) is 3.58. The lowest BCUT2D eigenvalue weighted by molar-refractivity contribution is -0.384. The maximum Gasteiger partial charge on any atom is 0.295 e. The normalized spacial score (nSPS) is 10.4. The number of rotatable bonds is 5. The third-order valence-corrected chi connectivity index (χ3v) is 3.89. The number of hydrogen-bond donors (Lipinski definition) is 0. The van der Waals surface area contributed by atoms with Crippen LogP contribution in [-0.2, 0) is 6.61 Å². The Kier molecular flexibility index (Phi) is 4.77. The molecule has 0 fully saturated rings. The zero-order valence-electron chi connectivity index (χ0n) is 12.7. The average molecular weight is 340 g/mol. The van der Waals surface area contributed by atoms with E-state index in [2.05, 4.69) is 0 Å². The summed E-state index contributed by atoms with van der Waals surface area (Å²) < 4.78 is 5.72. The van der Waals surface area contributed by atoms with Crippen LogP contribution < -0.4 is 4.74 Å². The summed E-state index contributed by atoms with van der Waals surface area (Å²) in [7, 11) is 0. The second-order valence-corrected chi connectivity index (χ2v) is 5.60. The predicted molar refractivity (Wildman–Crippen MR) is 94.3 cm³/mol. The molecule has 0 spiro atoms. The highest BCUT2D eigenvalue weighted by Crippen LogP contribution is 2.36. The van der Waals surface area contributed by atoms with Crippen molar-refractivity contribution >= 4 is 17.3 Å². The van der Waals surface area contributed by atoms with Crippen molar-refractivity contribution in [3.63, 3.8) is 0 Å². The van der Waals surface area contributed by atoms with E-state index in [1.165, 1.54) is 6.07 Å². The maximum absolute atomic E-state index is 11.2. The number of halogens is 1. The molecule has 0 N–H and O–H groups in total. The quantitative estimate of drug-likeness (QED) is 0.456. The number of nitro groups is 1. The number of ether oxygens (including phenoxy) is 1. The number of hydrogen-bond acceptors (Lipinski definition) is 3. The van der Waals surface area contributed by atoms with E-state index in [-0.39, 0.29) is 10.7 Å². The molecule has 24 heavy (non-hydrogen) atoms. The van der Waals surface area contributed by atoms with Gasteiger partial charge in [0.05, 0.1) is 10.5 Å². The lowest BCUT2D eigenvalue weighted by Gasteiger charge is -2.08. The van der Waals surface area contributed by atoms with E-state index in [0.29, 0.717) is 17.9 Å². The first-order valence-electron chi connectivity index (χ1n) is 7.35. The molecule has 3 aromatic carbocycles. The fourth-order valence-electron chi connectivity index (χ4n) is 2.41. The van der Waals surface area contributed by atoms with Gasteiger partial charge in [-0.3, -0.25) is 10.1 Å². The molecule has 0 aromatic heterocycles. The zero-order valence-corrected chi connectivity index (χ0v) is 13.4. The minimum Gasteiger partial charge on any atom is -0.489 e. The van der Waals surface area contributed by atoms with Crippen molar-refractivity contribution in [1.29, 1.82) is 0 Å². The molecule has 0 saturated heterocycles.